The van der Waals surface area contributed by atoms with Crippen molar-refractivity contribution in [3.63, 3.8) is 0 Å². The third kappa shape index (κ3) is 2.71. The first-order chi connectivity index (χ1) is 8.90. The number of hydrogen-bond acceptors (Lipinski definition) is 1. The summed E-state index contributed by atoms with van der Waals surface area (Å²) in [5.41, 5.74) is 5.51. The lowest BCUT2D eigenvalue weighted by atomic mass is 9.94. The molecule has 1 nitrogen and oxygen atoms in total. The Morgan fingerprint density at radius 1 is 0.842 bits per heavy atom. The van der Waals surface area contributed by atoms with Crippen LogP contribution in [0.4, 0.5) is 0 Å². The number of carbonyl (C=O) groups excluding carboxylic acids is 1. The van der Waals surface area contributed by atoms with E-state index in [1.54, 1.807) is 0 Å². The van der Waals surface area contributed by atoms with Crippen molar-refractivity contribution in [2.45, 2.75) is 27.7 Å². The summed E-state index contributed by atoms with van der Waals surface area (Å²) in [7, 11) is 0. The van der Waals surface area contributed by atoms with Crippen molar-refractivity contribution in [2.24, 2.45) is 0 Å². The van der Waals surface area contributed by atoms with E-state index in [2.05, 4.69) is 0 Å². The molecule has 0 unspecified atom stereocenters. The van der Waals surface area contributed by atoms with Crippen molar-refractivity contribution in [1.82, 2.24) is 0 Å². The summed E-state index contributed by atoms with van der Waals surface area (Å²) >= 11 is 6.08. The molecule has 2 rings (SSSR count). The van der Waals surface area contributed by atoms with E-state index in [-0.39, 0.29) is 5.78 Å². The fourth-order valence-corrected chi connectivity index (χ4v) is 2.46. The predicted octanol–water partition coefficient (Wildman–Crippen LogP) is 4.80. The van der Waals surface area contributed by atoms with Gasteiger partial charge in [0.05, 0.1) is 0 Å². The highest BCUT2D eigenvalue weighted by Gasteiger charge is 2.15. The quantitative estimate of drug-likeness (QED) is 0.718. The Bertz CT molecular complexity index is 657. The third-order valence-electron chi connectivity index (χ3n) is 3.38. The van der Waals surface area contributed by atoms with Crippen molar-refractivity contribution >= 4 is 17.4 Å². The summed E-state index contributed by atoms with van der Waals surface area (Å²) in [6, 6.07) is 9.63. The molecule has 19 heavy (non-hydrogen) atoms. The van der Waals surface area contributed by atoms with Gasteiger partial charge in [0.1, 0.15) is 0 Å². The summed E-state index contributed by atoms with van der Waals surface area (Å²) in [6.45, 7) is 7.83. The maximum Gasteiger partial charge on any atom is 0.193 e. The molecule has 0 heterocycles. The van der Waals surface area contributed by atoms with E-state index in [1.807, 2.05) is 58.0 Å². The maximum atomic E-state index is 12.6. The van der Waals surface area contributed by atoms with Crippen LogP contribution in [0.15, 0.2) is 30.3 Å². The molecule has 0 aliphatic heterocycles. The van der Waals surface area contributed by atoms with Crippen LogP contribution in [0.5, 0.6) is 0 Å². The van der Waals surface area contributed by atoms with Gasteiger partial charge in [-0.2, -0.15) is 0 Å². The standard InChI is InChI=1S/C17H17ClO/c1-10-5-6-14(11(2)7-10)17(19)15-8-13(4)16(18)9-12(15)3/h5-9H,1-4H3. The number of rotatable bonds is 2. The molecule has 2 heteroatoms. The van der Waals surface area contributed by atoms with E-state index in [4.69, 9.17) is 11.6 Å². The highest BCUT2D eigenvalue weighted by Crippen LogP contribution is 2.24. The lowest BCUT2D eigenvalue weighted by Gasteiger charge is -2.10. The Labute approximate surface area is 119 Å². The Morgan fingerprint density at radius 3 is 2.11 bits per heavy atom. The molecule has 0 amide bonds. The van der Waals surface area contributed by atoms with E-state index in [1.165, 1.54) is 0 Å². The van der Waals surface area contributed by atoms with Gasteiger partial charge >= 0.3 is 0 Å². The second-order valence-corrected chi connectivity index (χ2v) is 5.47. The molecular formula is C17H17ClO. The topological polar surface area (TPSA) is 17.1 Å². The number of carbonyl (C=O) groups is 1. The van der Waals surface area contributed by atoms with E-state index in [0.29, 0.717) is 5.02 Å². The lowest BCUT2D eigenvalue weighted by molar-refractivity contribution is 0.103. The molecule has 98 valence electrons. The molecule has 0 bridgehead atoms. The first-order valence-corrected chi connectivity index (χ1v) is 6.66. The number of halogens is 1. The van der Waals surface area contributed by atoms with Crippen molar-refractivity contribution in [1.29, 1.82) is 0 Å². The largest absolute Gasteiger partial charge is 0.289 e. The van der Waals surface area contributed by atoms with Crippen LogP contribution >= 0.6 is 11.6 Å². The van der Waals surface area contributed by atoms with Gasteiger partial charge in [0, 0.05) is 16.1 Å². The van der Waals surface area contributed by atoms with E-state index in [9.17, 15) is 4.79 Å². The Morgan fingerprint density at radius 2 is 1.47 bits per heavy atom. The molecule has 0 saturated carbocycles. The van der Waals surface area contributed by atoms with Gasteiger partial charge in [0.15, 0.2) is 5.78 Å². The van der Waals surface area contributed by atoms with Crippen LogP contribution in [-0.2, 0) is 0 Å². The van der Waals surface area contributed by atoms with Gasteiger partial charge in [-0.25, -0.2) is 0 Å². The van der Waals surface area contributed by atoms with Crippen LogP contribution in [0, 0.1) is 27.7 Å². The van der Waals surface area contributed by atoms with Crippen molar-refractivity contribution in [2.75, 3.05) is 0 Å². The molecule has 0 aliphatic carbocycles. The Balaban J connectivity index is 2.53. The molecule has 0 aliphatic rings. The third-order valence-corrected chi connectivity index (χ3v) is 3.78. The molecule has 0 aromatic heterocycles. The second kappa shape index (κ2) is 5.18. The molecule has 0 spiro atoms. The monoisotopic (exact) mass is 272 g/mol. The summed E-state index contributed by atoms with van der Waals surface area (Å²) in [5, 5.41) is 0.703. The average molecular weight is 273 g/mol. The maximum absolute atomic E-state index is 12.6. The molecule has 0 N–H and O–H groups in total. The van der Waals surface area contributed by atoms with Crippen LogP contribution in [0.25, 0.3) is 0 Å². The van der Waals surface area contributed by atoms with E-state index < -0.39 is 0 Å². The molecule has 2 aromatic carbocycles. The zero-order valence-corrected chi connectivity index (χ0v) is 12.4. The smallest absolute Gasteiger partial charge is 0.193 e. The molecule has 0 atom stereocenters. The second-order valence-electron chi connectivity index (χ2n) is 5.06. The minimum atomic E-state index is 0.0646. The van der Waals surface area contributed by atoms with E-state index >= 15 is 0 Å². The molecule has 0 fully saturated rings. The highest BCUT2D eigenvalue weighted by atomic mass is 35.5. The van der Waals surface area contributed by atoms with Crippen LogP contribution < -0.4 is 0 Å². The summed E-state index contributed by atoms with van der Waals surface area (Å²) in [5.74, 6) is 0.0646. The minimum absolute atomic E-state index is 0.0646. The molecular weight excluding hydrogens is 256 g/mol. The number of hydrogen-bond donors (Lipinski definition) is 0. The first-order valence-electron chi connectivity index (χ1n) is 6.29. The van der Waals surface area contributed by atoms with Crippen molar-refractivity contribution in [3.8, 4) is 0 Å². The zero-order chi connectivity index (χ0) is 14.2. The van der Waals surface area contributed by atoms with Gasteiger partial charge in [-0.3, -0.25) is 4.79 Å². The molecule has 0 radical (unpaired) electrons. The van der Waals surface area contributed by atoms with Crippen LogP contribution in [-0.4, -0.2) is 5.78 Å². The number of aryl methyl sites for hydroxylation is 4. The normalized spacial score (nSPS) is 10.6. The van der Waals surface area contributed by atoms with Crippen molar-refractivity contribution < 1.29 is 4.79 Å². The van der Waals surface area contributed by atoms with Gasteiger partial charge in [-0.1, -0.05) is 35.4 Å². The number of ketones is 1. The zero-order valence-electron chi connectivity index (χ0n) is 11.7. The molecule has 0 saturated heterocycles. The van der Waals surface area contributed by atoms with Gasteiger partial charge in [-0.15, -0.1) is 0 Å². The summed E-state index contributed by atoms with van der Waals surface area (Å²) in [4.78, 5) is 12.6. The summed E-state index contributed by atoms with van der Waals surface area (Å²) in [6.07, 6.45) is 0. The average Bonchev–Trinajstić information content (AvgIpc) is 2.33. The SMILES string of the molecule is Cc1ccc(C(=O)c2cc(C)c(Cl)cc2C)c(C)c1. The van der Waals surface area contributed by atoms with Gasteiger partial charge in [-0.05, 0) is 56.5 Å². The highest BCUT2D eigenvalue weighted by molar-refractivity contribution is 6.31. The van der Waals surface area contributed by atoms with Gasteiger partial charge < -0.3 is 0 Å². The first kappa shape index (κ1) is 13.8. The van der Waals surface area contributed by atoms with Crippen LogP contribution in [0.1, 0.15) is 38.2 Å². The van der Waals surface area contributed by atoms with E-state index in [0.717, 1.165) is 33.4 Å². The number of benzene rings is 2. The predicted molar refractivity (Wildman–Crippen MR) is 80.3 cm³/mol. The minimum Gasteiger partial charge on any atom is -0.289 e. The van der Waals surface area contributed by atoms with Crippen LogP contribution in [0.3, 0.4) is 0 Å². The summed E-state index contributed by atoms with van der Waals surface area (Å²) < 4.78 is 0. The fraction of sp³-hybridized carbons (Fsp3) is 0.235. The lowest BCUT2D eigenvalue weighted by Crippen LogP contribution is -2.06. The van der Waals surface area contributed by atoms with Crippen LogP contribution in [0.2, 0.25) is 5.02 Å². The van der Waals surface area contributed by atoms with Gasteiger partial charge in [0.25, 0.3) is 0 Å². The molecule has 2 aromatic rings. The Hall–Kier alpha value is -1.60. The van der Waals surface area contributed by atoms with Gasteiger partial charge in [0.2, 0.25) is 0 Å². The Kier molecular flexibility index (Phi) is 3.77. The fourth-order valence-electron chi connectivity index (χ4n) is 2.24. The van der Waals surface area contributed by atoms with Crippen molar-refractivity contribution in [3.05, 3.63) is 68.7 Å².